The maximum atomic E-state index is 8.12. The van der Waals surface area contributed by atoms with E-state index in [9.17, 15) is 0 Å². The molecule has 1 aromatic rings. The second-order valence-corrected chi connectivity index (χ2v) is 44.8. The first-order chi connectivity index (χ1) is 29.9. The Kier molecular flexibility index (Phi) is 22.2. The lowest BCUT2D eigenvalue weighted by Gasteiger charge is -2.42. The van der Waals surface area contributed by atoms with Crippen LogP contribution in [0.1, 0.15) is 135 Å². The van der Waals surface area contributed by atoms with Crippen molar-refractivity contribution in [2.75, 3.05) is 13.2 Å². The van der Waals surface area contributed by atoms with Gasteiger partial charge in [0.1, 0.15) is 11.9 Å². The Labute approximate surface area is 419 Å². The van der Waals surface area contributed by atoms with Gasteiger partial charge in [-0.15, -0.1) is 0 Å². The number of carbonyl (C=O) groups excluding carboxylic acids is 4. The average Bonchev–Trinajstić information content (AvgIpc) is 3.88. The monoisotopic (exact) mass is 1020 g/mol. The molecule has 2 unspecified atom stereocenters. The van der Waals surface area contributed by atoms with Crippen LogP contribution in [0.3, 0.4) is 0 Å². The molecule has 0 radical (unpaired) electrons. The zero-order chi connectivity index (χ0) is 50.8. The van der Waals surface area contributed by atoms with Crippen molar-refractivity contribution in [3.8, 4) is 5.75 Å². The van der Waals surface area contributed by atoms with E-state index in [4.69, 9.17) is 46.4 Å². The van der Waals surface area contributed by atoms with Crippen LogP contribution in [-0.4, -0.2) is 89.3 Å². The van der Waals surface area contributed by atoms with Crippen LogP contribution in [0.15, 0.2) is 42.0 Å². The minimum absolute atomic E-state index is 0. The molecule has 0 aromatic heterocycles. The summed E-state index contributed by atoms with van der Waals surface area (Å²) < 4.78 is 40.8. The molecule has 10 nitrogen and oxygen atoms in total. The summed E-state index contributed by atoms with van der Waals surface area (Å²) in [7, 11) is -7.37. The van der Waals surface area contributed by atoms with Crippen LogP contribution in [0.4, 0.5) is 0 Å². The lowest BCUT2D eigenvalue weighted by molar-refractivity contribution is -0.193. The molecule has 0 N–H and O–H groups in total. The minimum Gasteiger partial charge on any atom is -0.489 e. The molecule has 6 rings (SSSR count). The molecule has 0 bridgehead atoms. The van der Waals surface area contributed by atoms with Crippen molar-refractivity contribution in [2.24, 2.45) is 23.7 Å². The van der Waals surface area contributed by atoms with Crippen molar-refractivity contribution in [2.45, 2.75) is 234 Å². The third-order valence-corrected chi connectivity index (χ3v) is 35.2. The van der Waals surface area contributed by atoms with Crippen LogP contribution in [-0.2, 0) is 41.6 Å². The van der Waals surface area contributed by atoms with E-state index < -0.39 is 33.3 Å². The molecular weight excluding hydrogens is 921 g/mol. The Morgan fingerprint density at radius 2 is 1.03 bits per heavy atom. The summed E-state index contributed by atoms with van der Waals surface area (Å²) in [6, 6.07) is 6.60. The van der Waals surface area contributed by atoms with E-state index in [1.807, 2.05) is 0 Å². The molecule has 68 heavy (non-hydrogen) atoms. The van der Waals surface area contributed by atoms with Crippen LogP contribution in [0.25, 0.3) is 0 Å². The highest BCUT2D eigenvalue weighted by Crippen LogP contribution is 2.55. The lowest BCUT2D eigenvalue weighted by Crippen LogP contribution is -2.48. The fourth-order valence-electron chi connectivity index (χ4n) is 9.03. The van der Waals surface area contributed by atoms with Gasteiger partial charge >= 0.3 is 12.3 Å². The van der Waals surface area contributed by atoms with Crippen molar-refractivity contribution in [3.63, 3.8) is 0 Å². The molecule has 2 saturated carbocycles. The smallest absolute Gasteiger partial charge is 0.373 e. The van der Waals surface area contributed by atoms with E-state index in [0.717, 1.165) is 31.8 Å². The van der Waals surface area contributed by atoms with E-state index in [2.05, 4.69) is 186 Å². The third-order valence-electron chi connectivity index (χ3n) is 17.2. The van der Waals surface area contributed by atoms with Gasteiger partial charge in [-0.05, 0) is 104 Å². The van der Waals surface area contributed by atoms with E-state index in [1.165, 1.54) is 16.7 Å². The molecule has 0 amide bonds. The van der Waals surface area contributed by atoms with Gasteiger partial charge in [-0.2, -0.15) is 19.2 Å². The zero-order valence-electron chi connectivity index (χ0n) is 45.1. The van der Waals surface area contributed by atoms with Crippen LogP contribution in [0.2, 0.25) is 72.5 Å². The van der Waals surface area contributed by atoms with Crippen LogP contribution in [0, 0.1) is 30.6 Å². The number of ether oxygens (including phenoxy) is 2. The number of para-hydroxylation sites is 1. The van der Waals surface area contributed by atoms with Gasteiger partial charge in [-0.3, -0.25) is 0 Å². The number of hydrogen-bond donors (Lipinski definition) is 0. The Bertz CT molecular complexity index is 1910. The van der Waals surface area contributed by atoms with Crippen molar-refractivity contribution in [1.29, 1.82) is 0 Å². The topological polar surface area (TPSA) is 124 Å². The molecule has 3 fully saturated rings. The van der Waals surface area contributed by atoms with E-state index in [-0.39, 0.29) is 77.8 Å². The van der Waals surface area contributed by atoms with Gasteiger partial charge in [0, 0.05) is 54.8 Å². The summed E-state index contributed by atoms with van der Waals surface area (Å²) in [5.74, 6) is 3.19. The summed E-state index contributed by atoms with van der Waals surface area (Å²) >= 11 is 0. The fourth-order valence-corrected chi connectivity index (χ4v) is 13.9. The van der Waals surface area contributed by atoms with Crippen LogP contribution >= 0.6 is 0 Å². The maximum Gasteiger partial charge on any atom is 0.373 e. The first-order valence-electron chi connectivity index (χ1n) is 24.3. The average molecular weight is 1020 g/mol. The van der Waals surface area contributed by atoms with Crippen LogP contribution in [0.5, 0.6) is 5.75 Å². The largest absolute Gasteiger partial charge is 0.489 e. The summed E-state index contributed by atoms with van der Waals surface area (Å²) in [6.45, 7) is 52.8. The molecule has 5 aliphatic rings. The predicted octanol–water partition coefficient (Wildman–Crippen LogP) is 14.3. The molecule has 1 aromatic carbocycles. The number of allylic oxidation sites excluding steroid dienone is 2. The standard InChI is InChI=1S/C25H46O3Si2.C25H44O3Si2.2CO2.2CH4/c2*1-17-13-12-14-18-22-19(16-26-29(8,9)24(2,3)4)20(15-21(22)27-23(17)18)28-30(10,11)25(5,6)7;2*2-1-3;;/h12-14,18-23H,15-16H2,1-11H3;12-14,19-22H,15-16H2,1-11H3;;;2*1H4/t18?,19-,20+,21-,22+,23?;19-,20+,21-,22+;;;;/m00..../s1. The quantitative estimate of drug-likeness (QED) is 0.209. The number of benzene rings is 1. The molecule has 14 heteroatoms. The molecular formula is C54H98O10Si4. The van der Waals surface area contributed by atoms with Gasteiger partial charge in [0.2, 0.25) is 0 Å². The van der Waals surface area contributed by atoms with Crippen molar-refractivity contribution >= 4 is 45.6 Å². The van der Waals surface area contributed by atoms with Gasteiger partial charge in [-0.1, -0.05) is 134 Å². The molecule has 0 spiro atoms. The number of fused-ring (bicyclic) bond motifs is 6. The second kappa shape index (κ2) is 23.6. The number of aryl methyl sites for hydroxylation is 1. The van der Waals surface area contributed by atoms with Crippen molar-refractivity contribution < 1.29 is 46.4 Å². The molecule has 2 aliphatic heterocycles. The second-order valence-electron chi connectivity index (χ2n) is 25.7. The summed E-state index contributed by atoms with van der Waals surface area (Å²) in [5, 5.41) is 0.842. The highest BCUT2D eigenvalue weighted by molar-refractivity contribution is 6.75. The fraction of sp³-hybridized carbons (Fsp3) is 0.778. The third kappa shape index (κ3) is 14.5. The molecule has 1 saturated heterocycles. The van der Waals surface area contributed by atoms with E-state index >= 15 is 0 Å². The maximum absolute atomic E-state index is 8.12. The van der Waals surface area contributed by atoms with Gasteiger partial charge in [-0.25, -0.2) is 0 Å². The number of rotatable bonds is 10. The summed E-state index contributed by atoms with van der Waals surface area (Å²) in [5.41, 5.74) is 3.97. The summed E-state index contributed by atoms with van der Waals surface area (Å²) in [6.07, 6.45) is 10.5. The van der Waals surface area contributed by atoms with Gasteiger partial charge in [0.25, 0.3) is 0 Å². The highest BCUT2D eigenvalue weighted by Gasteiger charge is 2.58. The predicted molar refractivity (Wildman–Crippen MR) is 287 cm³/mol. The molecule has 2 heterocycles. The van der Waals surface area contributed by atoms with Gasteiger partial charge in [0.05, 0.1) is 24.4 Å². The zero-order valence-corrected chi connectivity index (χ0v) is 49.1. The Morgan fingerprint density at radius 3 is 1.47 bits per heavy atom. The van der Waals surface area contributed by atoms with E-state index in [0.29, 0.717) is 29.6 Å². The van der Waals surface area contributed by atoms with E-state index in [1.54, 1.807) is 0 Å². The Balaban J connectivity index is 0.000000594. The first-order valence-corrected chi connectivity index (χ1v) is 36.0. The normalized spacial score (nSPS) is 27.5. The molecule has 10 atom stereocenters. The first kappa shape index (κ1) is 63.9. The number of hydrogen-bond acceptors (Lipinski definition) is 10. The Hall–Kier alpha value is -2.07. The summed E-state index contributed by atoms with van der Waals surface area (Å²) in [4.78, 5) is 32.5. The molecule has 390 valence electrons. The van der Waals surface area contributed by atoms with Crippen LogP contribution < -0.4 is 4.74 Å². The highest BCUT2D eigenvalue weighted by atomic mass is 28.4. The van der Waals surface area contributed by atoms with Crippen molar-refractivity contribution in [1.82, 2.24) is 0 Å². The van der Waals surface area contributed by atoms with Gasteiger partial charge in [0.15, 0.2) is 33.3 Å². The Morgan fingerprint density at radius 1 is 0.618 bits per heavy atom. The molecule has 3 aliphatic carbocycles. The van der Waals surface area contributed by atoms with Crippen molar-refractivity contribution in [3.05, 3.63) is 53.1 Å². The van der Waals surface area contributed by atoms with Gasteiger partial charge < -0.3 is 27.2 Å². The lowest BCUT2D eigenvalue weighted by atomic mass is 9.78. The minimum atomic E-state index is -1.87. The SMILES string of the molecule is C.C.CC1=CC=CC2C1O[C@H]1C[C@@H](O[Si](C)(C)C(C)(C)C)[C@H](CO[Si](C)(C)C(C)(C)C)[C@@H]21.Cc1cccc2c1O[C@H]1C[C@@H](O[Si](C)(C)C(C)(C)C)[C@H](CO[Si](C)(C)C(C)(C)C)[C@@H]21.O=C=O.O=C=O.